The first-order chi connectivity index (χ1) is 13.0. The summed E-state index contributed by atoms with van der Waals surface area (Å²) in [6.07, 6.45) is 8.91. The highest BCUT2D eigenvalue weighted by molar-refractivity contribution is 5.83. The Labute approximate surface area is 161 Å². The topological polar surface area (TPSA) is 65.5 Å². The van der Waals surface area contributed by atoms with E-state index in [1.54, 1.807) is 0 Å². The van der Waals surface area contributed by atoms with Crippen LogP contribution in [0.1, 0.15) is 50.5 Å². The molecule has 6 rings (SSSR count). The molecule has 27 heavy (non-hydrogen) atoms. The Bertz CT molecular complexity index is 720. The number of aliphatic hydroxyl groups is 1. The number of nitrogens with one attached hydrogen (secondary N) is 1. The summed E-state index contributed by atoms with van der Waals surface area (Å²) in [5, 5.41) is 13.9. The van der Waals surface area contributed by atoms with Gasteiger partial charge in [0.25, 0.3) is 0 Å². The molecule has 5 fully saturated rings. The molecule has 4 bridgehead atoms. The SMILES string of the molecule is Cc1ccnc(N2CCCC(NC(=O)C34CC5CC(C3)C(O)C(C5)C4)C2)c1. The lowest BCUT2D eigenvalue weighted by Crippen LogP contribution is -2.60. The lowest BCUT2D eigenvalue weighted by molar-refractivity contribution is -0.163. The first-order valence-corrected chi connectivity index (χ1v) is 10.7. The standard InChI is InChI=1S/C22H31N3O2/c1-14-4-5-23-19(7-14)25-6-2-3-18(13-25)24-21(27)22-10-15-8-16(11-22)20(26)17(9-15)12-22/h4-5,7,15-18,20,26H,2-3,6,8-13H2,1H3,(H,24,27). The molecule has 0 spiro atoms. The number of aliphatic hydroxyl groups excluding tert-OH is 1. The van der Waals surface area contributed by atoms with Crippen LogP contribution in [0.5, 0.6) is 0 Å². The summed E-state index contributed by atoms with van der Waals surface area (Å²) in [5.41, 5.74) is 1.01. The first kappa shape index (κ1) is 17.5. The Morgan fingerprint density at radius 2 is 2.07 bits per heavy atom. The zero-order valence-corrected chi connectivity index (χ0v) is 16.2. The van der Waals surface area contributed by atoms with Crippen LogP contribution >= 0.6 is 0 Å². The number of carbonyl (C=O) groups is 1. The van der Waals surface area contributed by atoms with E-state index < -0.39 is 0 Å². The summed E-state index contributed by atoms with van der Waals surface area (Å²) in [7, 11) is 0. The van der Waals surface area contributed by atoms with Crippen molar-refractivity contribution in [2.75, 3.05) is 18.0 Å². The molecule has 1 aliphatic heterocycles. The van der Waals surface area contributed by atoms with Gasteiger partial charge in [-0.15, -0.1) is 0 Å². The Balaban J connectivity index is 1.27. The smallest absolute Gasteiger partial charge is 0.226 e. The molecule has 2 N–H and O–H groups in total. The third-order valence-electron chi connectivity index (χ3n) is 7.69. The van der Waals surface area contributed by atoms with Gasteiger partial charge in [-0.1, -0.05) is 0 Å². The zero-order valence-electron chi connectivity index (χ0n) is 16.2. The average molecular weight is 370 g/mol. The fraction of sp³-hybridized carbons (Fsp3) is 0.727. The highest BCUT2D eigenvalue weighted by atomic mass is 16.3. The van der Waals surface area contributed by atoms with Crippen molar-refractivity contribution in [3.63, 3.8) is 0 Å². The minimum atomic E-state index is -0.209. The third kappa shape index (κ3) is 3.04. The predicted molar refractivity (Wildman–Crippen MR) is 104 cm³/mol. The molecular formula is C22H31N3O2. The summed E-state index contributed by atoms with van der Waals surface area (Å²) in [4.78, 5) is 20.2. The van der Waals surface area contributed by atoms with Crippen molar-refractivity contribution < 1.29 is 9.90 Å². The second-order valence-electron chi connectivity index (χ2n) is 9.69. The molecule has 5 nitrogen and oxygen atoms in total. The van der Waals surface area contributed by atoms with Crippen molar-refractivity contribution in [1.82, 2.24) is 10.3 Å². The van der Waals surface area contributed by atoms with Crippen LogP contribution in [0.2, 0.25) is 0 Å². The van der Waals surface area contributed by atoms with E-state index in [2.05, 4.69) is 28.2 Å². The minimum absolute atomic E-state index is 0.167. The summed E-state index contributed by atoms with van der Waals surface area (Å²) < 4.78 is 0. The normalized spacial score (nSPS) is 40.2. The maximum atomic E-state index is 13.3. The summed E-state index contributed by atoms with van der Waals surface area (Å²) in [5.74, 6) is 2.63. The zero-order chi connectivity index (χ0) is 18.6. The van der Waals surface area contributed by atoms with Crippen molar-refractivity contribution in [3.8, 4) is 0 Å². The van der Waals surface area contributed by atoms with E-state index in [0.29, 0.717) is 17.8 Å². The lowest BCUT2D eigenvalue weighted by Gasteiger charge is -2.58. The van der Waals surface area contributed by atoms with Crippen molar-refractivity contribution >= 4 is 11.7 Å². The van der Waals surface area contributed by atoms with E-state index in [1.807, 2.05) is 12.3 Å². The quantitative estimate of drug-likeness (QED) is 0.860. The van der Waals surface area contributed by atoms with Gasteiger partial charge in [-0.2, -0.15) is 0 Å². The van der Waals surface area contributed by atoms with Crippen LogP contribution in [0.4, 0.5) is 5.82 Å². The van der Waals surface area contributed by atoms with Gasteiger partial charge in [0.1, 0.15) is 5.82 Å². The van der Waals surface area contributed by atoms with Crippen LogP contribution in [0, 0.1) is 30.1 Å². The van der Waals surface area contributed by atoms with Gasteiger partial charge in [-0.3, -0.25) is 4.79 Å². The molecule has 5 heteroatoms. The number of nitrogens with zero attached hydrogens (tertiary/aromatic N) is 2. The monoisotopic (exact) mass is 369 g/mol. The molecule has 1 saturated heterocycles. The maximum Gasteiger partial charge on any atom is 0.226 e. The Morgan fingerprint density at radius 3 is 2.81 bits per heavy atom. The molecule has 3 atom stereocenters. The molecule has 1 aromatic rings. The van der Waals surface area contributed by atoms with Crippen LogP contribution in [-0.2, 0) is 4.79 Å². The van der Waals surface area contributed by atoms with Crippen LogP contribution in [0.3, 0.4) is 0 Å². The van der Waals surface area contributed by atoms with Crippen LogP contribution in [0.15, 0.2) is 18.3 Å². The van der Waals surface area contributed by atoms with Gasteiger partial charge >= 0.3 is 0 Å². The number of aryl methyl sites for hydroxylation is 1. The third-order valence-corrected chi connectivity index (χ3v) is 7.69. The van der Waals surface area contributed by atoms with E-state index in [0.717, 1.165) is 63.9 Å². The predicted octanol–water partition coefficient (Wildman–Crippen LogP) is 2.66. The average Bonchev–Trinajstić information content (AvgIpc) is 2.65. The molecule has 1 aromatic heterocycles. The fourth-order valence-electron chi connectivity index (χ4n) is 6.61. The minimum Gasteiger partial charge on any atom is -0.393 e. The molecule has 4 aliphatic carbocycles. The van der Waals surface area contributed by atoms with Gasteiger partial charge in [-0.25, -0.2) is 4.98 Å². The summed E-state index contributed by atoms with van der Waals surface area (Å²) in [6.45, 7) is 3.94. The molecule has 5 aliphatic rings. The highest BCUT2D eigenvalue weighted by Crippen LogP contribution is 2.60. The number of pyridine rings is 1. The number of amides is 1. The number of anilines is 1. The fourth-order valence-corrected chi connectivity index (χ4v) is 6.61. The highest BCUT2D eigenvalue weighted by Gasteiger charge is 2.58. The number of hydrogen-bond acceptors (Lipinski definition) is 4. The van der Waals surface area contributed by atoms with Crippen molar-refractivity contribution in [3.05, 3.63) is 23.9 Å². The van der Waals surface area contributed by atoms with Gasteiger partial charge < -0.3 is 15.3 Å². The van der Waals surface area contributed by atoms with Gasteiger partial charge in [0.2, 0.25) is 5.91 Å². The molecule has 2 heterocycles. The van der Waals surface area contributed by atoms with Crippen LogP contribution in [0.25, 0.3) is 0 Å². The van der Waals surface area contributed by atoms with Crippen molar-refractivity contribution in [2.45, 2.75) is 64.0 Å². The Kier molecular flexibility index (Phi) is 4.19. The van der Waals surface area contributed by atoms with Crippen molar-refractivity contribution in [2.24, 2.45) is 23.2 Å². The number of piperidine rings is 1. The van der Waals surface area contributed by atoms with E-state index in [1.165, 1.54) is 5.56 Å². The second-order valence-corrected chi connectivity index (χ2v) is 9.69. The molecule has 0 aromatic carbocycles. The molecule has 4 saturated carbocycles. The van der Waals surface area contributed by atoms with Gasteiger partial charge in [0.05, 0.1) is 11.5 Å². The molecule has 3 unspecified atom stereocenters. The molecule has 1 amide bonds. The molecular weight excluding hydrogens is 338 g/mol. The maximum absolute atomic E-state index is 13.3. The summed E-state index contributed by atoms with van der Waals surface area (Å²) in [6, 6.07) is 4.35. The Morgan fingerprint density at radius 1 is 1.30 bits per heavy atom. The van der Waals surface area contributed by atoms with E-state index in [4.69, 9.17) is 0 Å². The first-order valence-electron chi connectivity index (χ1n) is 10.7. The van der Waals surface area contributed by atoms with E-state index in [-0.39, 0.29) is 23.5 Å². The van der Waals surface area contributed by atoms with E-state index >= 15 is 0 Å². The number of carbonyl (C=O) groups excluding carboxylic acids is 1. The molecule has 146 valence electrons. The lowest BCUT2D eigenvalue weighted by atomic mass is 9.48. The molecule has 0 radical (unpaired) electrons. The van der Waals surface area contributed by atoms with Crippen LogP contribution < -0.4 is 10.2 Å². The van der Waals surface area contributed by atoms with E-state index in [9.17, 15) is 9.90 Å². The number of rotatable bonds is 3. The summed E-state index contributed by atoms with van der Waals surface area (Å²) >= 11 is 0. The second kappa shape index (κ2) is 6.47. The largest absolute Gasteiger partial charge is 0.393 e. The number of aromatic nitrogens is 1. The number of hydrogen-bond donors (Lipinski definition) is 2. The van der Waals surface area contributed by atoms with Gasteiger partial charge in [0.15, 0.2) is 0 Å². The Hall–Kier alpha value is -1.62. The van der Waals surface area contributed by atoms with Crippen molar-refractivity contribution in [1.29, 1.82) is 0 Å². The van der Waals surface area contributed by atoms with Gasteiger partial charge in [-0.05, 0) is 87.3 Å². The van der Waals surface area contributed by atoms with Gasteiger partial charge in [0, 0.05) is 25.3 Å². The van der Waals surface area contributed by atoms with Crippen LogP contribution in [-0.4, -0.2) is 41.2 Å².